The zero-order valence-corrected chi connectivity index (χ0v) is 9.66. The fourth-order valence-electron chi connectivity index (χ4n) is 2.31. The maximum absolute atomic E-state index is 9.80. The number of hydrogen-bond donors (Lipinski definition) is 2. The highest BCUT2D eigenvalue weighted by molar-refractivity contribution is 4.81. The number of nitrogens with one attached hydrogen (secondary N) is 1. The van der Waals surface area contributed by atoms with Crippen LogP contribution in [0.5, 0.6) is 0 Å². The number of likely N-dealkylation sites (N-methyl/N-ethyl adjacent to an activating group) is 1. The SMILES string of the molecule is CNCC(CC(C)C)N1CCCC1O. The predicted octanol–water partition coefficient (Wildman–Crippen LogP) is 1.03. The van der Waals surface area contributed by atoms with E-state index in [1.54, 1.807) is 0 Å². The predicted molar refractivity (Wildman–Crippen MR) is 59.1 cm³/mol. The zero-order chi connectivity index (χ0) is 10.6. The molecular formula is C11H24N2O. The molecule has 0 amide bonds. The van der Waals surface area contributed by atoms with Crippen molar-refractivity contribution in [1.29, 1.82) is 0 Å². The average Bonchev–Trinajstić information content (AvgIpc) is 2.50. The first kappa shape index (κ1) is 12.0. The monoisotopic (exact) mass is 200 g/mol. The standard InChI is InChI=1S/C11H24N2O/c1-9(2)7-10(8-12-3)13-6-4-5-11(13)14/h9-12,14H,4-8H2,1-3H3. The first-order valence-corrected chi connectivity index (χ1v) is 5.73. The molecule has 84 valence electrons. The second-order valence-electron chi connectivity index (χ2n) is 4.70. The lowest BCUT2D eigenvalue weighted by molar-refractivity contribution is 0.00348. The van der Waals surface area contributed by atoms with Gasteiger partial charge in [-0.15, -0.1) is 0 Å². The highest BCUT2D eigenvalue weighted by Gasteiger charge is 2.28. The molecule has 0 aliphatic carbocycles. The van der Waals surface area contributed by atoms with Crippen LogP contribution in [0.1, 0.15) is 33.1 Å². The van der Waals surface area contributed by atoms with Crippen LogP contribution >= 0.6 is 0 Å². The van der Waals surface area contributed by atoms with Gasteiger partial charge in [-0.25, -0.2) is 0 Å². The van der Waals surface area contributed by atoms with Gasteiger partial charge in [0.1, 0.15) is 6.23 Å². The maximum atomic E-state index is 9.80. The van der Waals surface area contributed by atoms with Crippen LogP contribution in [0.3, 0.4) is 0 Å². The van der Waals surface area contributed by atoms with Crippen molar-refractivity contribution in [3.63, 3.8) is 0 Å². The third-order valence-corrected chi connectivity index (χ3v) is 2.91. The van der Waals surface area contributed by atoms with E-state index in [1.807, 2.05) is 7.05 Å². The van der Waals surface area contributed by atoms with Crippen molar-refractivity contribution in [3.8, 4) is 0 Å². The highest BCUT2D eigenvalue weighted by atomic mass is 16.3. The van der Waals surface area contributed by atoms with Gasteiger partial charge in [-0.2, -0.15) is 0 Å². The van der Waals surface area contributed by atoms with Crippen molar-refractivity contribution < 1.29 is 5.11 Å². The zero-order valence-electron chi connectivity index (χ0n) is 9.66. The van der Waals surface area contributed by atoms with Crippen LogP contribution in [0, 0.1) is 5.92 Å². The second kappa shape index (κ2) is 5.69. The highest BCUT2D eigenvalue weighted by Crippen LogP contribution is 2.21. The van der Waals surface area contributed by atoms with Gasteiger partial charge in [0.25, 0.3) is 0 Å². The van der Waals surface area contributed by atoms with E-state index in [9.17, 15) is 5.11 Å². The molecule has 1 aliphatic rings. The van der Waals surface area contributed by atoms with Crippen LogP contribution in [0.4, 0.5) is 0 Å². The van der Waals surface area contributed by atoms with Crippen molar-refractivity contribution in [2.45, 2.75) is 45.4 Å². The number of rotatable bonds is 5. The first-order chi connectivity index (χ1) is 6.65. The van der Waals surface area contributed by atoms with Gasteiger partial charge in [0.05, 0.1) is 0 Å². The number of hydrogen-bond acceptors (Lipinski definition) is 3. The molecule has 1 saturated heterocycles. The summed E-state index contributed by atoms with van der Waals surface area (Å²) >= 11 is 0. The number of aliphatic hydroxyl groups excluding tert-OH is 1. The quantitative estimate of drug-likeness (QED) is 0.696. The Kier molecular flexibility index (Phi) is 4.85. The summed E-state index contributed by atoms with van der Waals surface area (Å²) in [7, 11) is 1.98. The lowest BCUT2D eigenvalue weighted by Crippen LogP contribution is -2.44. The second-order valence-corrected chi connectivity index (χ2v) is 4.70. The maximum Gasteiger partial charge on any atom is 0.107 e. The van der Waals surface area contributed by atoms with Gasteiger partial charge in [-0.05, 0) is 32.2 Å². The molecule has 0 spiro atoms. The van der Waals surface area contributed by atoms with Gasteiger partial charge >= 0.3 is 0 Å². The van der Waals surface area contributed by atoms with Crippen LogP contribution in [0.2, 0.25) is 0 Å². The Morgan fingerprint density at radius 3 is 2.64 bits per heavy atom. The molecule has 0 aromatic carbocycles. The fourth-order valence-corrected chi connectivity index (χ4v) is 2.31. The van der Waals surface area contributed by atoms with E-state index in [4.69, 9.17) is 0 Å². The molecule has 1 rings (SSSR count). The van der Waals surface area contributed by atoms with Crippen molar-refractivity contribution >= 4 is 0 Å². The van der Waals surface area contributed by atoms with E-state index in [0.29, 0.717) is 12.0 Å². The molecular weight excluding hydrogens is 176 g/mol. The van der Waals surface area contributed by atoms with Crippen molar-refractivity contribution in [2.75, 3.05) is 20.1 Å². The molecule has 2 unspecified atom stereocenters. The Balaban J connectivity index is 2.47. The van der Waals surface area contributed by atoms with E-state index in [0.717, 1.165) is 32.4 Å². The van der Waals surface area contributed by atoms with Crippen LogP contribution < -0.4 is 5.32 Å². The molecule has 0 bridgehead atoms. The first-order valence-electron chi connectivity index (χ1n) is 5.73. The van der Waals surface area contributed by atoms with Crippen LogP contribution in [-0.2, 0) is 0 Å². The van der Waals surface area contributed by atoms with Gasteiger partial charge in [0, 0.05) is 19.1 Å². The molecule has 2 atom stereocenters. The van der Waals surface area contributed by atoms with Gasteiger partial charge in [-0.1, -0.05) is 13.8 Å². The summed E-state index contributed by atoms with van der Waals surface area (Å²) in [5.41, 5.74) is 0. The molecule has 14 heavy (non-hydrogen) atoms. The molecule has 1 heterocycles. The van der Waals surface area contributed by atoms with Crippen molar-refractivity contribution in [1.82, 2.24) is 10.2 Å². The van der Waals surface area contributed by atoms with E-state index in [1.165, 1.54) is 0 Å². The van der Waals surface area contributed by atoms with Gasteiger partial charge in [0.2, 0.25) is 0 Å². The van der Waals surface area contributed by atoms with Gasteiger partial charge in [0.15, 0.2) is 0 Å². The van der Waals surface area contributed by atoms with Crippen LogP contribution in [0.15, 0.2) is 0 Å². The average molecular weight is 200 g/mol. The smallest absolute Gasteiger partial charge is 0.107 e. The molecule has 2 N–H and O–H groups in total. The molecule has 1 fully saturated rings. The summed E-state index contributed by atoms with van der Waals surface area (Å²) in [5.74, 6) is 0.696. The summed E-state index contributed by atoms with van der Waals surface area (Å²) in [5, 5.41) is 13.0. The van der Waals surface area contributed by atoms with Gasteiger partial charge in [-0.3, -0.25) is 4.90 Å². The molecule has 0 saturated carbocycles. The molecule has 1 aliphatic heterocycles. The summed E-state index contributed by atoms with van der Waals surface area (Å²) in [6.45, 7) is 6.52. The van der Waals surface area contributed by atoms with E-state index in [2.05, 4.69) is 24.1 Å². The minimum absolute atomic E-state index is 0.202. The van der Waals surface area contributed by atoms with Crippen LogP contribution in [0.25, 0.3) is 0 Å². The molecule has 0 aromatic rings. The third-order valence-electron chi connectivity index (χ3n) is 2.91. The lowest BCUT2D eigenvalue weighted by atomic mass is 10.0. The Morgan fingerprint density at radius 1 is 1.50 bits per heavy atom. The number of likely N-dealkylation sites (tertiary alicyclic amines) is 1. The summed E-state index contributed by atoms with van der Waals surface area (Å²) in [4.78, 5) is 2.25. The van der Waals surface area contributed by atoms with Crippen molar-refractivity contribution in [2.24, 2.45) is 5.92 Å². The van der Waals surface area contributed by atoms with E-state index in [-0.39, 0.29) is 6.23 Å². The summed E-state index contributed by atoms with van der Waals surface area (Å²) < 4.78 is 0. The fraction of sp³-hybridized carbons (Fsp3) is 1.00. The van der Waals surface area contributed by atoms with E-state index < -0.39 is 0 Å². The summed E-state index contributed by atoms with van der Waals surface area (Å²) in [6, 6.07) is 0.498. The Bertz CT molecular complexity index is 161. The molecule has 3 nitrogen and oxygen atoms in total. The van der Waals surface area contributed by atoms with E-state index >= 15 is 0 Å². The Hall–Kier alpha value is -0.120. The normalized spacial score (nSPS) is 25.9. The van der Waals surface area contributed by atoms with Gasteiger partial charge < -0.3 is 10.4 Å². The minimum Gasteiger partial charge on any atom is -0.378 e. The third kappa shape index (κ3) is 3.23. The Morgan fingerprint density at radius 2 is 2.21 bits per heavy atom. The topological polar surface area (TPSA) is 35.5 Å². The molecule has 0 aromatic heterocycles. The number of aliphatic hydroxyl groups is 1. The summed E-state index contributed by atoms with van der Waals surface area (Å²) in [6.07, 6.45) is 3.04. The van der Waals surface area contributed by atoms with Crippen molar-refractivity contribution in [3.05, 3.63) is 0 Å². The largest absolute Gasteiger partial charge is 0.378 e. The molecule has 0 radical (unpaired) electrons. The number of nitrogens with zero attached hydrogens (tertiary/aromatic N) is 1. The minimum atomic E-state index is -0.202. The molecule has 3 heteroatoms. The lowest BCUT2D eigenvalue weighted by Gasteiger charge is -2.31. The Labute approximate surface area is 87.5 Å². The van der Waals surface area contributed by atoms with Crippen LogP contribution in [-0.4, -0.2) is 42.4 Å².